The lowest BCUT2D eigenvalue weighted by molar-refractivity contribution is -0.197. The molecule has 2 aliphatic heterocycles. The molecule has 8 aliphatic rings. The van der Waals surface area contributed by atoms with E-state index in [0.717, 1.165) is 50.8 Å². The van der Waals surface area contributed by atoms with Crippen molar-refractivity contribution < 1.29 is 19.4 Å². The van der Waals surface area contributed by atoms with Crippen LogP contribution in [0.4, 0.5) is 0 Å². The van der Waals surface area contributed by atoms with Gasteiger partial charge < -0.3 is 19.5 Å². The molecule has 4 bridgehead atoms. The molecule has 0 radical (unpaired) electrons. The summed E-state index contributed by atoms with van der Waals surface area (Å²) in [5.74, 6) is 1.84. The van der Waals surface area contributed by atoms with Gasteiger partial charge in [0.15, 0.2) is 0 Å². The first-order valence-corrected chi connectivity index (χ1v) is 19.8. The number of hydrogen-bond acceptors (Lipinski definition) is 5. The van der Waals surface area contributed by atoms with Gasteiger partial charge in [0.1, 0.15) is 11.7 Å². The molecule has 2 heterocycles. The molecule has 7 fully saturated rings. The number of carboxylic acid groups (broad SMARTS) is 1. The number of hydrogen-bond donors (Lipinski definition) is 1. The molecule has 8 rings (SSSR count). The number of rotatable bonds is 11. The quantitative estimate of drug-likeness (QED) is 0.191. The number of likely N-dealkylation sites (tertiary alicyclic amines) is 1. The minimum absolute atomic E-state index is 0.0863. The first-order valence-electron chi connectivity index (χ1n) is 19.8. The van der Waals surface area contributed by atoms with Crippen molar-refractivity contribution in [3.8, 4) is 0 Å². The van der Waals surface area contributed by atoms with Crippen molar-refractivity contribution in [3.05, 3.63) is 11.6 Å². The molecule has 0 aromatic heterocycles. The van der Waals surface area contributed by atoms with Gasteiger partial charge in [-0.15, -0.1) is 0 Å². The zero-order valence-electron chi connectivity index (χ0n) is 29.1. The van der Waals surface area contributed by atoms with Crippen molar-refractivity contribution in [2.45, 2.75) is 135 Å². The first kappa shape index (κ1) is 32.0. The summed E-state index contributed by atoms with van der Waals surface area (Å²) in [5.41, 5.74) is -1.39. The van der Waals surface area contributed by atoms with Crippen LogP contribution in [0.15, 0.2) is 11.6 Å². The van der Waals surface area contributed by atoms with Crippen LogP contribution in [0.3, 0.4) is 0 Å². The van der Waals surface area contributed by atoms with Gasteiger partial charge in [0.2, 0.25) is 0 Å². The van der Waals surface area contributed by atoms with Gasteiger partial charge in [-0.25, -0.2) is 0 Å². The zero-order valence-corrected chi connectivity index (χ0v) is 29.1. The number of ether oxygens (including phenoxy) is 1. The number of carbonyl (C=O) groups excluding carboxylic acids is 1. The standard InChI is InChI=1S/C40H62N2O4/c1-26(2)34-20-29-22-38(25-43)33-15-12-27(3)32(33)23-39(29,40(34,38)37(44)45)36-21-31(28-10-6-4-7-11-28)35(46-36)24-42(30-13-14-30)19-18-41-16-8-5-9-17-41/h20,25-33,35-36H,4-19,21-24H2,1-3H3,(H,44,45)/t27-,29?,31+,32-,33-,35+,36-,38?,39?,40+/m1/s1. The van der Waals surface area contributed by atoms with Crippen LogP contribution in [0.1, 0.15) is 117 Å². The summed E-state index contributed by atoms with van der Waals surface area (Å²) in [6, 6.07) is 0.692. The number of piperidine rings is 1. The molecule has 1 N–H and O–H groups in total. The number of carboxylic acids is 1. The van der Waals surface area contributed by atoms with Crippen molar-refractivity contribution in [3.63, 3.8) is 0 Å². The van der Waals surface area contributed by atoms with Gasteiger partial charge in [-0.2, -0.15) is 0 Å². The molecular formula is C40H62N2O4. The van der Waals surface area contributed by atoms with E-state index in [2.05, 4.69) is 36.6 Å². The third-order valence-corrected chi connectivity index (χ3v) is 15.8. The van der Waals surface area contributed by atoms with E-state index in [1.54, 1.807) is 0 Å². The summed E-state index contributed by atoms with van der Waals surface area (Å²) in [7, 11) is 0. The third kappa shape index (κ3) is 4.50. The molecular weight excluding hydrogens is 572 g/mol. The van der Waals surface area contributed by atoms with Gasteiger partial charge >= 0.3 is 5.97 Å². The topological polar surface area (TPSA) is 70.1 Å². The second-order valence-corrected chi connectivity index (χ2v) is 18.0. The molecule has 0 amide bonds. The minimum atomic E-state index is -1.13. The number of allylic oxidation sites excluding steroid dienone is 1. The van der Waals surface area contributed by atoms with E-state index < -0.39 is 22.2 Å². The lowest BCUT2D eigenvalue weighted by Gasteiger charge is -2.60. The van der Waals surface area contributed by atoms with E-state index in [4.69, 9.17) is 4.74 Å². The SMILES string of the molecule is CC(C)C1=CC2CC3(C=O)[C@@H]4CC[C@@H](C)[C@H]4CC2([C@H]2C[C@@H](C4CCCCC4)[C@H](CN(CCN4CCCCC4)C4CC4)O2)[C@]13C(=O)O. The molecule has 6 aliphatic carbocycles. The van der Waals surface area contributed by atoms with E-state index in [-0.39, 0.29) is 30.0 Å². The van der Waals surface area contributed by atoms with Crippen LogP contribution in [-0.4, -0.2) is 78.1 Å². The van der Waals surface area contributed by atoms with Crippen LogP contribution < -0.4 is 0 Å². The van der Waals surface area contributed by atoms with Crippen LogP contribution in [0, 0.1) is 57.7 Å². The van der Waals surface area contributed by atoms with Crippen LogP contribution in [0.2, 0.25) is 0 Å². The average molecular weight is 635 g/mol. The van der Waals surface area contributed by atoms with E-state index in [1.807, 2.05) is 0 Å². The van der Waals surface area contributed by atoms with E-state index in [0.29, 0.717) is 29.7 Å². The summed E-state index contributed by atoms with van der Waals surface area (Å²) >= 11 is 0. The Kier molecular flexibility index (Phi) is 8.32. The monoisotopic (exact) mass is 634 g/mol. The van der Waals surface area contributed by atoms with Gasteiger partial charge in [-0.3, -0.25) is 9.69 Å². The Bertz CT molecular complexity index is 1200. The maximum atomic E-state index is 14.2. The van der Waals surface area contributed by atoms with Crippen molar-refractivity contribution in [1.82, 2.24) is 9.80 Å². The van der Waals surface area contributed by atoms with Crippen molar-refractivity contribution in [1.29, 1.82) is 0 Å². The van der Waals surface area contributed by atoms with Crippen molar-refractivity contribution in [2.24, 2.45) is 57.7 Å². The van der Waals surface area contributed by atoms with Gasteiger partial charge in [0.25, 0.3) is 0 Å². The molecule has 256 valence electrons. The molecule has 2 saturated heterocycles. The Morgan fingerprint density at radius 2 is 1.76 bits per heavy atom. The first-order chi connectivity index (χ1) is 22.3. The molecule has 10 atom stereocenters. The lowest BCUT2D eigenvalue weighted by Crippen LogP contribution is -2.65. The second-order valence-electron chi connectivity index (χ2n) is 18.0. The van der Waals surface area contributed by atoms with E-state index in [1.165, 1.54) is 90.1 Å². The fraction of sp³-hybridized carbons (Fsp3) is 0.900. The molecule has 0 aromatic rings. The number of nitrogens with zero attached hydrogens (tertiary/aromatic N) is 2. The number of carbonyl (C=O) groups is 2. The Morgan fingerprint density at radius 1 is 1.02 bits per heavy atom. The smallest absolute Gasteiger partial charge is 0.315 e. The second kappa shape index (κ2) is 12.0. The molecule has 6 nitrogen and oxygen atoms in total. The number of aldehydes is 1. The highest BCUT2D eigenvalue weighted by atomic mass is 16.5. The summed E-state index contributed by atoms with van der Waals surface area (Å²) in [6.45, 7) is 12.5. The molecule has 0 spiro atoms. The summed E-state index contributed by atoms with van der Waals surface area (Å²) in [4.78, 5) is 33.4. The van der Waals surface area contributed by atoms with E-state index in [9.17, 15) is 14.7 Å². The Hall–Kier alpha value is -1.24. The average Bonchev–Trinajstić information content (AvgIpc) is 3.56. The molecule has 5 saturated carbocycles. The van der Waals surface area contributed by atoms with Crippen LogP contribution in [0.25, 0.3) is 0 Å². The predicted octanol–water partition coefficient (Wildman–Crippen LogP) is 7.22. The highest BCUT2D eigenvalue weighted by Gasteiger charge is 2.86. The number of aliphatic carboxylic acids is 1. The summed E-state index contributed by atoms with van der Waals surface area (Å²) < 4.78 is 7.58. The summed E-state index contributed by atoms with van der Waals surface area (Å²) in [6.07, 6.45) is 21.7. The fourth-order valence-electron chi connectivity index (χ4n) is 13.7. The normalized spacial score (nSPS) is 45.8. The Morgan fingerprint density at radius 3 is 2.43 bits per heavy atom. The number of fused-ring (bicyclic) bond motifs is 2. The molecule has 6 heteroatoms. The maximum Gasteiger partial charge on any atom is 0.315 e. The Balaban J connectivity index is 1.16. The molecule has 46 heavy (non-hydrogen) atoms. The third-order valence-electron chi connectivity index (χ3n) is 15.8. The fourth-order valence-corrected chi connectivity index (χ4v) is 13.7. The van der Waals surface area contributed by atoms with Gasteiger partial charge in [-0.1, -0.05) is 77.4 Å². The molecule has 0 aromatic carbocycles. The van der Waals surface area contributed by atoms with Gasteiger partial charge in [-0.05, 0) is 106 Å². The van der Waals surface area contributed by atoms with Crippen LogP contribution in [0.5, 0.6) is 0 Å². The lowest BCUT2D eigenvalue weighted by atomic mass is 9.41. The van der Waals surface area contributed by atoms with Crippen molar-refractivity contribution in [2.75, 3.05) is 32.7 Å². The van der Waals surface area contributed by atoms with Crippen molar-refractivity contribution >= 4 is 12.3 Å². The van der Waals surface area contributed by atoms with Gasteiger partial charge in [0, 0.05) is 31.1 Å². The largest absolute Gasteiger partial charge is 0.481 e. The highest BCUT2D eigenvalue weighted by Crippen LogP contribution is 2.84. The van der Waals surface area contributed by atoms with E-state index >= 15 is 0 Å². The maximum absolute atomic E-state index is 14.2. The zero-order chi connectivity index (χ0) is 31.8. The summed E-state index contributed by atoms with van der Waals surface area (Å²) in [5, 5.41) is 11.7. The predicted molar refractivity (Wildman–Crippen MR) is 180 cm³/mol. The Labute approximate surface area is 278 Å². The van der Waals surface area contributed by atoms with Crippen LogP contribution >= 0.6 is 0 Å². The highest BCUT2D eigenvalue weighted by molar-refractivity contribution is 5.90. The van der Waals surface area contributed by atoms with Gasteiger partial charge in [0.05, 0.1) is 17.6 Å². The minimum Gasteiger partial charge on any atom is -0.481 e. The molecule has 3 unspecified atom stereocenters. The van der Waals surface area contributed by atoms with Crippen LogP contribution in [-0.2, 0) is 14.3 Å².